The highest BCUT2D eigenvalue weighted by atomic mass is 16.5. The number of nitrogens with zero attached hydrogens (tertiary/aromatic N) is 3. The summed E-state index contributed by atoms with van der Waals surface area (Å²) in [5.74, 6) is 0.343. The Morgan fingerprint density at radius 2 is 1.90 bits per heavy atom. The normalized spacial score (nSPS) is 14.7. The van der Waals surface area contributed by atoms with E-state index in [0.29, 0.717) is 48.5 Å². The molecule has 3 heterocycles. The lowest BCUT2D eigenvalue weighted by Crippen LogP contribution is -2.46. The van der Waals surface area contributed by atoms with Crippen LogP contribution in [0.25, 0.3) is 5.52 Å². The highest BCUT2D eigenvalue weighted by Gasteiger charge is 2.26. The summed E-state index contributed by atoms with van der Waals surface area (Å²) >= 11 is 0. The Balaban J connectivity index is 1.37. The van der Waals surface area contributed by atoms with Gasteiger partial charge in [0.1, 0.15) is 11.3 Å². The highest BCUT2D eigenvalue weighted by molar-refractivity contribution is 5.95. The molecule has 30 heavy (non-hydrogen) atoms. The predicted octanol–water partition coefficient (Wildman–Crippen LogP) is 1.37. The van der Waals surface area contributed by atoms with Crippen LogP contribution in [0.4, 0.5) is 0 Å². The van der Waals surface area contributed by atoms with Gasteiger partial charge in [0.2, 0.25) is 0 Å². The number of likely N-dealkylation sites (tertiary alicyclic amines) is 1. The lowest BCUT2D eigenvalue weighted by atomic mass is 10.0. The van der Waals surface area contributed by atoms with Gasteiger partial charge in [-0.2, -0.15) is 5.10 Å². The fraction of sp³-hybridized carbons (Fsp3) is 0.333. The Kier molecular flexibility index (Phi) is 5.26. The van der Waals surface area contributed by atoms with Gasteiger partial charge in [-0.1, -0.05) is 0 Å². The number of rotatable bonds is 4. The average Bonchev–Trinajstić information content (AvgIpc) is 3.18. The number of aryl methyl sites for hydroxylation is 1. The van der Waals surface area contributed by atoms with Crippen LogP contribution < -0.4 is 15.6 Å². The monoisotopic (exact) mass is 409 g/mol. The Labute approximate surface area is 172 Å². The van der Waals surface area contributed by atoms with Crippen molar-refractivity contribution in [3.63, 3.8) is 0 Å². The quantitative estimate of drug-likeness (QED) is 0.677. The van der Waals surface area contributed by atoms with E-state index in [9.17, 15) is 14.4 Å². The van der Waals surface area contributed by atoms with E-state index in [4.69, 9.17) is 4.74 Å². The van der Waals surface area contributed by atoms with Crippen molar-refractivity contribution in [3.8, 4) is 5.75 Å². The molecule has 1 saturated heterocycles. The number of carbonyl (C=O) groups is 2. The second-order valence-electron chi connectivity index (χ2n) is 7.39. The average molecular weight is 409 g/mol. The van der Waals surface area contributed by atoms with Crippen molar-refractivity contribution in [1.29, 1.82) is 0 Å². The summed E-state index contributed by atoms with van der Waals surface area (Å²) in [6, 6.07) is 8.45. The number of ether oxygens (including phenoxy) is 1. The lowest BCUT2D eigenvalue weighted by molar-refractivity contribution is 0.0692. The molecule has 1 fully saturated rings. The van der Waals surface area contributed by atoms with E-state index in [2.05, 4.69) is 15.4 Å². The van der Waals surface area contributed by atoms with E-state index in [0.717, 1.165) is 0 Å². The molecule has 3 aromatic rings. The number of carbonyl (C=O) groups excluding carboxylic acids is 2. The minimum Gasteiger partial charge on any atom is -0.497 e. The van der Waals surface area contributed by atoms with E-state index in [1.165, 1.54) is 10.6 Å². The van der Waals surface area contributed by atoms with E-state index in [1.807, 2.05) is 0 Å². The Morgan fingerprint density at radius 3 is 2.57 bits per heavy atom. The van der Waals surface area contributed by atoms with Crippen molar-refractivity contribution in [3.05, 3.63) is 63.8 Å². The van der Waals surface area contributed by atoms with Gasteiger partial charge in [-0.15, -0.1) is 0 Å². The zero-order chi connectivity index (χ0) is 21.3. The molecule has 9 nitrogen and oxygen atoms in total. The molecule has 9 heteroatoms. The smallest absolute Gasteiger partial charge is 0.274 e. The van der Waals surface area contributed by atoms with Gasteiger partial charge < -0.3 is 19.9 Å². The molecule has 2 aromatic heterocycles. The molecule has 2 N–H and O–H groups in total. The number of amides is 2. The molecule has 0 bridgehead atoms. The lowest BCUT2D eigenvalue weighted by Gasteiger charge is -2.32. The van der Waals surface area contributed by atoms with Gasteiger partial charge in [0.25, 0.3) is 17.4 Å². The van der Waals surface area contributed by atoms with Crippen molar-refractivity contribution in [2.45, 2.75) is 25.8 Å². The van der Waals surface area contributed by atoms with Gasteiger partial charge in [0, 0.05) is 42.7 Å². The molecule has 2 amide bonds. The molecule has 0 radical (unpaired) electrons. The molecule has 0 atom stereocenters. The predicted molar refractivity (Wildman–Crippen MR) is 110 cm³/mol. The highest BCUT2D eigenvalue weighted by Crippen LogP contribution is 2.16. The van der Waals surface area contributed by atoms with Crippen molar-refractivity contribution in [1.82, 2.24) is 24.8 Å². The van der Waals surface area contributed by atoms with Crippen LogP contribution in [-0.2, 0) is 0 Å². The van der Waals surface area contributed by atoms with E-state index in [-0.39, 0.29) is 29.1 Å². The Hall–Kier alpha value is -3.62. The fourth-order valence-electron chi connectivity index (χ4n) is 3.63. The zero-order valence-electron chi connectivity index (χ0n) is 16.8. The summed E-state index contributed by atoms with van der Waals surface area (Å²) in [6.07, 6.45) is 2.98. The van der Waals surface area contributed by atoms with Crippen molar-refractivity contribution >= 4 is 17.3 Å². The number of hydrogen-bond acceptors (Lipinski definition) is 5. The van der Waals surface area contributed by atoms with Crippen LogP contribution in [0.15, 0.2) is 41.3 Å². The van der Waals surface area contributed by atoms with Gasteiger partial charge in [-0.25, -0.2) is 4.52 Å². The van der Waals surface area contributed by atoms with Crippen LogP contribution in [-0.4, -0.2) is 57.6 Å². The van der Waals surface area contributed by atoms with Gasteiger partial charge in [-0.05, 0) is 44.0 Å². The molecule has 1 aliphatic rings. The Bertz CT molecular complexity index is 1140. The molecule has 1 aromatic carbocycles. The fourth-order valence-corrected chi connectivity index (χ4v) is 3.63. The molecule has 0 saturated carbocycles. The first-order valence-electron chi connectivity index (χ1n) is 9.78. The second-order valence-corrected chi connectivity index (χ2v) is 7.39. The van der Waals surface area contributed by atoms with Crippen molar-refractivity contribution in [2.24, 2.45) is 0 Å². The number of aromatic amines is 1. The van der Waals surface area contributed by atoms with Crippen LogP contribution in [0.1, 0.15) is 39.4 Å². The SMILES string of the molecule is COc1ccc(C(=O)NC2CCN(C(=O)c3cc4c(=O)[nH]c(C)cn4n3)CC2)cc1. The van der Waals surface area contributed by atoms with Gasteiger partial charge in [0.15, 0.2) is 5.69 Å². The van der Waals surface area contributed by atoms with Crippen LogP contribution >= 0.6 is 0 Å². The Morgan fingerprint density at radius 1 is 1.20 bits per heavy atom. The largest absolute Gasteiger partial charge is 0.497 e. The number of nitrogens with one attached hydrogen (secondary N) is 2. The minimum absolute atomic E-state index is 0.00443. The summed E-state index contributed by atoms with van der Waals surface area (Å²) in [4.78, 5) is 41.7. The minimum atomic E-state index is -0.276. The molecular formula is C21H23N5O4. The van der Waals surface area contributed by atoms with E-state index >= 15 is 0 Å². The zero-order valence-corrected chi connectivity index (χ0v) is 16.8. The van der Waals surface area contributed by atoms with E-state index < -0.39 is 0 Å². The third-order valence-corrected chi connectivity index (χ3v) is 5.28. The third kappa shape index (κ3) is 3.91. The first-order chi connectivity index (χ1) is 14.4. The van der Waals surface area contributed by atoms with Crippen LogP contribution in [0.5, 0.6) is 5.75 Å². The van der Waals surface area contributed by atoms with Gasteiger partial charge in [0.05, 0.1) is 7.11 Å². The van der Waals surface area contributed by atoms with Crippen molar-refractivity contribution in [2.75, 3.05) is 20.2 Å². The van der Waals surface area contributed by atoms with Crippen molar-refractivity contribution < 1.29 is 14.3 Å². The number of hydrogen-bond donors (Lipinski definition) is 2. The summed E-state index contributed by atoms with van der Waals surface area (Å²) in [7, 11) is 1.58. The number of aromatic nitrogens is 3. The van der Waals surface area contributed by atoms with Crippen LogP contribution in [0.3, 0.4) is 0 Å². The molecule has 0 aliphatic carbocycles. The molecule has 0 spiro atoms. The van der Waals surface area contributed by atoms with Gasteiger partial charge in [-0.3, -0.25) is 14.4 Å². The third-order valence-electron chi connectivity index (χ3n) is 5.28. The molecule has 4 rings (SSSR count). The number of fused-ring (bicyclic) bond motifs is 1. The summed E-state index contributed by atoms with van der Waals surface area (Å²) in [6.45, 7) is 2.78. The standard InChI is InChI=1S/C21H23N5O4/c1-13-12-26-18(20(28)22-13)11-17(24-26)21(29)25-9-7-15(8-10-25)23-19(27)14-3-5-16(30-2)6-4-14/h3-6,11-12,15H,7-10H2,1-2H3,(H,22,28)(H,23,27). The number of piperidine rings is 1. The first kappa shape index (κ1) is 19.7. The summed E-state index contributed by atoms with van der Waals surface area (Å²) < 4.78 is 6.54. The second kappa shape index (κ2) is 8.02. The molecule has 0 unspecified atom stereocenters. The topological polar surface area (TPSA) is 109 Å². The number of H-pyrrole nitrogens is 1. The van der Waals surface area contributed by atoms with Gasteiger partial charge >= 0.3 is 0 Å². The van der Waals surface area contributed by atoms with E-state index in [1.54, 1.807) is 49.4 Å². The summed E-state index contributed by atoms with van der Waals surface area (Å²) in [5.41, 5.74) is 1.54. The maximum atomic E-state index is 12.8. The number of methoxy groups -OCH3 is 1. The maximum Gasteiger partial charge on any atom is 0.274 e. The van der Waals surface area contributed by atoms with Crippen LogP contribution in [0.2, 0.25) is 0 Å². The first-order valence-corrected chi connectivity index (χ1v) is 9.78. The molecule has 156 valence electrons. The maximum absolute atomic E-state index is 12.8. The number of benzene rings is 1. The molecule has 1 aliphatic heterocycles. The molecular weight excluding hydrogens is 386 g/mol. The van der Waals surface area contributed by atoms with Crippen LogP contribution in [0, 0.1) is 6.92 Å². The summed E-state index contributed by atoms with van der Waals surface area (Å²) in [5, 5.41) is 7.28.